The van der Waals surface area contributed by atoms with E-state index in [2.05, 4.69) is 148 Å². The van der Waals surface area contributed by atoms with E-state index >= 15 is 0 Å². The summed E-state index contributed by atoms with van der Waals surface area (Å²) in [5.74, 6) is -0.859. The van der Waals surface area contributed by atoms with Gasteiger partial charge in [0, 0.05) is 12.8 Å². The van der Waals surface area contributed by atoms with E-state index in [0.717, 1.165) is 122 Å². The Bertz CT molecular complexity index is 1740. The number of allylic oxidation sites excluding steroid dienone is 22. The predicted molar refractivity (Wildman–Crippen MR) is 323 cm³/mol. The molecule has 0 fully saturated rings. The third-order valence-electron chi connectivity index (χ3n) is 12.2. The summed E-state index contributed by atoms with van der Waals surface area (Å²) in [5, 5.41) is 0. The molecule has 9 nitrogen and oxygen atoms in total. The van der Waals surface area contributed by atoms with Crippen molar-refractivity contribution in [1.82, 2.24) is 0 Å². The van der Waals surface area contributed by atoms with Crippen LogP contribution in [0, 0.1) is 0 Å². The Morgan fingerprint density at radius 1 is 0.408 bits per heavy atom. The molecule has 2 unspecified atom stereocenters. The summed E-state index contributed by atoms with van der Waals surface area (Å²) in [6.07, 6.45) is 80.6. The van der Waals surface area contributed by atoms with Crippen LogP contribution in [0.2, 0.25) is 0 Å². The molecule has 432 valence electrons. The molecule has 10 heteroatoms. The second-order valence-corrected chi connectivity index (χ2v) is 22.0. The van der Waals surface area contributed by atoms with Crippen LogP contribution in [0.5, 0.6) is 0 Å². The third kappa shape index (κ3) is 59.4. The lowest BCUT2D eigenvalue weighted by Crippen LogP contribution is -2.37. The molecule has 0 aliphatic heterocycles. The summed E-state index contributed by atoms with van der Waals surface area (Å²) in [4.78, 5) is 37.9. The van der Waals surface area contributed by atoms with Crippen molar-refractivity contribution >= 4 is 19.8 Å². The Morgan fingerprint density at radius 2 is 0.711 bits per heavy atom. The molecule has 0 aromatic heterocycles. The van der Waals surface area contributed by atoms with E-state index in [0.29, 0.717) is 23.9 Å². The highest BCUT2D eigenvalue weighted by Gasteiger charge is 2.21. The maximum atomic E-state index is 12.8. The Balaban J connectivity index is 4.23. The van der Waals surface area contributed by atoms with Gasteiger partial charge in [-0.05, 0) is 109 Å². The van der Waals surface area contributed by atoms with Gasteiger partial charge >= 0.3 is 11.9 Å². The molecule has 76 heavy (non-hydrogen) atoms. The number of hydrogen-bond donors (Lipinski definition) is 0. The lowest BCUT2D eigenvalue weighted by atomic mass is 10.1. The summed E-state index contributed by atoms with van der Waals surface area (Å²) >= 11 is 0. The number of phosphoric acid groups is 1. The molecule has 0 amide bonds. The second-order valence-electron chi connectivity index (χ2n) is 20.6. The first-order valence-corrected chi connectivity index (χ1v) is 31.4. The lowest BCUT2D eigenvalue weighted by Gasteiger charge is -2.28. The van der Waals surface area contributed by atoms with Gasteiger partial charge < -0.3 is 27.9 Å². The van der Waals surface area contributed by atoms with Gasteiger partial charge in [-0.2, -0.15) is 0 Å². The van der Waals surface area contributed by atoms with E-state index in [4.69, 9.17) is 18.5 Å². The van der Waals surface area contributed by atoms with Crippen molar-refractivity contribution in [2.45, 2.75) is 225 Å². The molecular formula is C66H110NO8P. The van der Waals surface area contributed by atoms with Crippen molar-refractivity contribution in [3.63, 3.8) is 0 Å². The number of hydrogen-bond acceptors (Lipinski definition) is 8. The monoisotopic (exact) mass is 1080 g/mol. The van der Waals surface area contributed by atoms with Crippen LogP contribution in [0.15, 0.2) is 134 Å². The fraction of sp³-hybridized carbons (Fsp3) is 0.636. The minimum absolute atomic E-state index is 0.0412. The first-order chi connectivity index (χ1) is 37.0. The smallest absolute Gasteiger partial charge is 0.306 e. The molecule has 0 saturated carbocycles. The second kappa shape index (κ2) is 55.9. The van der Waals surface area contributed by atoms with E-state index in [1.54, 1.807) is 0 Å². The minimum atomic E-state index is -4.65. The van der Waals surface area contributed by atoms with Crippen LogP contribution in [-0.2, 0) is 32.7 Å². The molecule has 0 heterocycles. The summed E-state index contributed by atoms with van der Waals surface area (Å²) in [5.41, 5.74) is 0. The average molecular weight is 1080 g/mol. The number of rotatable bonds is 53. The van der Waals surface area contributed by atoms with Crippen molar-refractivity contribution in [3.8, 4) is 0 Å². The molecule has 0 bridgehead atoms. The summed E-state index contributed by atoms with van der Waals surface area (Å²) in [6, 6.07) is 0. The Hall–Kier alpha value is -3.85. The third-order valence-corrected chi connectivity index (χ3v) is 13.1. The van der Waals surface area contributed by atoms with Crippen LogP contribution in [0.1, 0.15) is 219 Å². The SMILES string of the molecule is CC/C=C\C/C=C\C/C=C\C/C=C\C/C=C\C/C=C\CCCCCCCCCCC(=O)OC(COC(=O)CCCCCCCCCCC/C=C\C/C=C\C/C=C\C/C=C\C/C=C\CC)COP(=O)([O-])OCC[N+](C)(C)C. The zero-order chi connectivity index (χ0) is 55.6. The van der Waals surface area contributed by atoms with Gasteiger partial charge in [0.25, 0.3) is 7.82 Å². The maximum absolute atomic E-state index is 12.8. The number of unbranched alkanes of at least 4 members (excludes halogenated alkanes) is 17. The number of ether oxygens (including phenoxy) is 2. The highest BCUT2D eigenvalue weighted by atomic mass is 31.2. The molecule has 0 radical (unpaired) electrons. The van der Waals surface area contributed by atoms with Crippen LogP contribution in [0.4, 0.5) is 0 Å². The average Bonchev–Trinajstić information content (AvgIpc) is 3.38. The molecule has 0 aliphatic rings. The quantitative estimate of drug-likeness (QED) is 0.0195. The zero-order valence-corrected chi connectivity index (χ0v) is 49.8. The highest BCUT2D eigenvalue weighted by molar-refractivity contribution is 7.45. The summed E-state index contributed by atoms with van der Waals surface area (Å²) < 4.78 is 34.2. The van der Waals surface area contributed by atoms with Crippen LogP contribution < -0.4 is 4.89 Å². The van der Waals surface area contributed by atoms with E-state index in [-0.39, 0.29) is 26.1 Å². The molecule has 0 rings (SSSR count). The molecular weight excluding hydrogens is 966 g/mol. The highest BCUT2D eigenvalue weighted by Crippen LogP contribution is 2.38. The van der Waals surface area contributed by atoms with Crippen LogP contribution >= 0.6 is 7.82 Å². The Labute approximate surface area is 466 Å². The number of nitrogens with zero attached hydrogens (tertiary/aromatic N) is 1. The Morgan fingerprint density at radius 3 is 1.05 bits per heavy atom. The summed E-state index contributed by atoms with van der Waals surface area (Å²) in [6.45, 7) is 3.98. The van der Waals surface area contributed by atoms with Gasteiger partial charge in [-0.3, -0.25) is 14.2 Å². The van der Waals surface area contributed by atoms with Gasteiger partial charge in [0.15, 0.2) is 6.10 Å². The largest absolute Gasteiger partial charge is 0.756 e. The molecule has 0 N–H and O–H groups in total. The molecule has 0 spiro atoms. The molecule has 2 atom stereocenters. The number of phosphoric ester groups is 1. The van der Waals surface area contributed by atoms with Gasteiger partial charge in [0.2, 0.25) is 0 Å². The van der Waals surface area contributed by atoms with Crippen molar-refractivity contribution in [2.75, 3.05) is 47.5 Å². The van der Waals surface area contributed by atoms with Crippen molar-refractivity contribution in [1.29, 1.82) is 0 Å². The number of carbonyl (C=O) groups is 2. The number of esters is 2. The number of quaternary nitrogens is 1. The standard InChI is InChI=1S/C66H110NO8P/c1-6-8-10-12-14-16-18-20-22-24-26-28-30-32-33-35-37-39-41-43-45-47-49-51-53-55-57-59-66(69)75-64(63-74-76(70,71)73-61-60-67(3,4)5)62-72-65(68)58-56-54-52-50-48-46-44-42-40-38-36-34-31-29-27-25-23-21-19-17-15-13-11-9-7-2/h8-11,14-17,20-23,26-29,32-34,36-37,39,64H,6-7,12-13,18-19,24-25,30-31,35,38,40-63H2,1-5H3/b10-8-,11-9-,16-14-,17-15-,22-20-,23-21-,28-26-,29-27-,33-32-,36-34-,39-37-. The van der Waals surface area contributed by atoms with Gasteiger partial charge in [-0.25, -0.2) is 0 Å². The number of carbonyl (C=O) groups excluding carboxylic acids is 2. The van der Waals surface area contributed by atoms with Crippen molar-refractivity contribution in [3.05, 3.63) is 134 Å². The van der Waals surface area contributed by atoms with Crippen LogP contribution in [-0.4, -0.2) is 70.0 Å². The van der Waals surface area contributed by atoms with E-state index in [9.17, 15) is 19.0 Å². The molecule has 0 saturated heterocycles. The topological polar surface area (TPSA) is 111 Å². The maximum Gasteiger partial charge on any atom is 0.306 e. The predicted octanol–water partition coefficient (Wildman–Crippen LogP) is 18.3. The fourth-order valence-corrected chi connectivity index (χ4v) is 8.36. The first-order valence-electron chi connectivity index (χ1n) is 29.9. The van der Waals surface area contributed by atoms with Gasteiger partial charge in [0.1, 0.15) is 19.8 Å². The van der Waals surface area contributed by atoms with E-state index < -0.39 is 32.5 Å². The van der Waals surface area contributed by atoms with Crippen LogP contribution in [0.25, 0.3) is 0 Å². The van der Waals surface area contributed by atoms with Gasteiger partial charge in [0.05, 0.1) is 27.7 Å². The van der Waals surface area contributed by atoms with Crippen molar-refractivity contribution in [2.24, 2.45) is 0 Å². The van der Waals surface area contributed by atoms with Crippen molar-refractivity contribution < 1.29 is 42.1 Å². The molecule has 0 aliphatic carbocycles. The van der Waals surface area contributed by atoms with Crippen LogP contribution in [0.3, 0.4) is 0 Å². The molecule has 0 aromatic carbocycles. The zero-order valence-electron chi connectivity index (χ0n) is 48.9. The van der Waals surface area contributed by atoms with Gasteiger partial charge in [-0.15, -0.1) is 0 Å². The normalized spacial score (nSPS) is 14.2. The molecule has 0 aromatic rings. The van der Waals surface area contributed by atoms with E-state index in [1.165, 1.54) is 57.8 Å². The minimum Gasteiger partial charge on any atom is -0.756 e. The van der Waals surface area contributed by atoms with Gasteiger partial charge in [-0.1, -0.05) is 231 Å². The first kappa shape index (κ1) is 72.2. The number of likely N-dealkylation sites (N-methyl/N-ethyl adjacent to an activating group) is 1. The summed E-state index contributed by atoms with van der Waals surface area (Å²) in [7, 11) is 1.14. The van der Waals surface area contributed by atoms with E-state index in [1.807, 2.05) is 21.1 Å². The lowest BCUT2D eigenvalue weighted by molar-refractivity contribution is -0.870. The fourth-order valence-electron chi connectivity index (χ4n) is 7.63. The Kier molecular flexibility index (Phi) is 53.1.